The number of carbonyl (C=O) groups is 1. The van der Waals surface area contributed by atoms with Crippen molar-refractivity contribution in [3.05, 3.63) is 65.5 Å². The van der Waals surface area contributed by atoms with Crippen LogP contribution in [-0.2, 0) is 6.18 Å². The molecule has 0 spiro atoms. The Hall–Kier alpha value is -3.63. The normalized spacial score (nSPS) is 19.4. The Labute approximate surface area is 194 Å². The van der Waals surface area contributed by atoms with E-state index in [0.717, 1.165) is 6.20 Å². The van der Waals surface area contributed by atoms with Gasteiger partial charge in [0, 0.05) is 24.8 Å². The number of piperidine rings is 1. The number of rotatable bonds is 5. The van der Waals surface area contributed by atoms with Gasteiger partial charge in [-0.15, -0.1) is 0 Å². The van der Waals surface area contributed by atoms with E-state index in [-0.39, 0.29) is 34.9 Å². The number of nitrogens with zero attached hydrogens (tertiary/aromatic N) is 5. The average Bonchev–Trinajstić information content (AvgIpc) is 2.81. The molecule has 1 aromatic carbocycles. The Morgan fingerprint density at radius 2 is 2.06 bits per heavy atom. The fourth-order valence-corrected chi connectivity index (χ4v) is 3.78. The fraction of sp³-hybridized carbons (Fsp3) is 0.348. The molecule has 0 unspecified atom stereocenters. The van der Waals surface area contributed by atoms with Gasteiger partial charge in [0.15, 0.2) is 11.5 Å². The predicted molar refractivity (Wildman–Crippen MR) is 121 cm³/mol. The van der Waals surface area contributed by atoms with E-state index in [4.69, 9.17) is 0 Å². The zero-order valence-corrected chi connectivity index (χ0v) is 18.7. The van der Waals surface area contributed by atoms with Crippen molar-refractivity contribution in [3.8, 4) is 0 Å². The molecule has 0 saturated carbocycles. The van der Waals surface area contributed by atoms with Crippen molar-refractivity contribution in [2.75, 3.05) is 11.9 Å². The number of amidine groups is 1. The van der Waals surface area contributed by atoms with Crippen molar-refractivity contribution in [1.82, 2.24) is 14.9 Å². The topological polar surface area (TPSA) is 82.8 Å². The lowest BCUT2D eigenvalue weighted by Crippen LogP contribution is -2.52. The van der Waals surface area contributed by atoms with Crippen LogP contribution >= 0.6 is 0 Å². The molecule has 3 rings (SSSR count). The quantitative estimate of drug-likeness (QED) is 0.385. The second-order valence-electron chi connectivity index (χ2n) is 7.67. The van der Waals surface area contributed by atoms with Crippen LogP contribution in [0.15, 0.2) is 52.9 Å². The molecule has 1 fully saturated rings. The third-order valence-corrected chi connectivity index (χ3v) is 5.49. The molecule has 1 aliphatic rings. The van der Waals surface area contributed by atoms with Crippen LogP contribution in [0.25, 0.3) is 0 Å². The van der Waals surface area contributed by atoms with E-state index in [1.807, 2.05) is 6.92 Å². The summed E-state index contributed by atoms with van der Waals surface area (Å²) in [5, 5.41) is 3.06. The minimum absolute atomic E-state index is 0.0149. The van der Waals surface area contributed by atoms with Crippen molar-refractivity contribution >= 4 is 24.3 Å². The number of carbonyl (C=O) groups excluding carboxylic acids is 1. The summed E-state index contributed by atoms with van der Waals surface area (Å²) in [6.45, 7) is 7.41. The molecular formula is C23H24F4N6O. The van der Waals surface area contributed by atoms with E-state index in [1.165, 1.54) is 24.4 Å². The molecule has 11 heteroatoms. The zero-order valence-electron chi connectivity index (χ0n) is 18.7. The minimum atomic E-state index is -4.58. The molecule has 2 aromatic rings. The summed E-state index contributed by atoms with van der Waals surface area (Å²) in [4.78, 5) is 30.1. The molecule has 1 N–H and O–H groups in total. The lowest BCUT2D eigenvalue weighted by Gasteiger charge is -2.40. The van der Waals surface area contributed by atoms with Gasteiger partial charge in [0.25, 0.3) is 5.91 Å². The van der Waals surface area contributed by atoms with Gasteiger partial charge in [-0.05, 0) is 45.5 Å². The van der Waals surface area contributed by atoms with E-state index < -0.39 is 23.6 Å². The molecule has 34 heavy (non-hydrogen) atoms. The van der Waals surface area contributed by atoms with Crippen LogP contribution in [0.5, 0.6) is 0 Å². The Morgan fingerprint density at radius 3 is 2.68 bits per heavy atom. The minimum Gasteiger partial charge on any atom is -0.364 e. The number of benzene rings is 1. The van der Waals surface area contributed by atoms with Gasteiger partial charge in [0.1, 0.15) is 11.6 Å². The van der Waals surface area contributed by atoms with Crippen LogP contribution < -0.4 is 5.32 Å². The molecule has 2 heterocycles. The SMILES string of the molecule is C=NC(=N/C=C\C)c1c(F)cccc1C(=O)N1CCC[C@@H](Nc2cnc(C(F)(F)F)cn2)[C@@H]1C. The molecule has 2 atom stereocenters. The van der Waals surface area contributed by atoms with Crippen molar-refractivity contribution < 1.29 is 22.4 Å². The summed E-state index contributed by atoms with van der Waals surface area (Å²) < 4.78 is 53.0. The summed E-state index contributed by atoms with van der Waals surface area (Å²) in [6.07, 6.45) is 1.45. The molecule has 180 valence electrons. The van der Waals surface area contributed by atoms with Gasteiger partial charge in [-0.25, -0.2) is 24.3 Å². The van der Waals surface area contributed by atoms with Crippen LogP contribution in [0.4, 0.5) is 23.4 Å². The third kappa shape index (κ3) is 5.46. The highest BCUT2D eigenvalue weighted by atomic mass is 19.4. The first kappa shape index (κ1) is 25.0. The summed E-state index contributed by atoms with van der Waals surface area (Å²) in [5.41, 5.74) is -1.04. The molecule has 1 amide bonds. The number of aliphatic imine (C=N–C) groups is 2. The van der Waals surface area contributed by atoms with Crippen molar-refractivity contribution in [2.45, 2.75) is 44.9 Å². The lowest BCUT2D eigenvalue weighted by molar-refractivity contribution is -0.141. The van der Waals surface area contributed by atoms with Crippen molar-refractivity contribution in [1.29, 1.82) is 0 Å². The highest BCUT2D eigenvalue weighted by molar-refractivity contribution is 6.11. The van der Waals surface area contributed by atoms with Crippen molar-refractivity contribution in [2.24, 2.45) is 9.98 Å². The van der Waals surface area contributed by atoms with Gasteiger partial charge in [0.2, 0.25) is 0 Å². The van der Waals surface area contributed by atoms with E-state index in [1.54, 1.807) is 17.9 Å². The van der Waals surface area contributed by atoms with Crippen LogP contribution in [0.3, 0.4) is 0 Å². The highest BCUT2D eigenvalue weighted by Gasteiger charge is 2.35. The van der Waals surface area contributed by atoms with Gasteiger partial charge in [-0.1, -0.05) is 12.1 Å². The zero-order chi connectivity index (χ0) is 24.9. The van der Waals surface area contributed by atoms with E-state index in [2.05, 4.69) is 32.0 Å². The van der Waals surface area contributed by atoms with Crippen molar-refractivity contribution in [3.63, 3.8) is 0 Å². The Morgan fingerprint density at radius 1 is 1.29 bits per heavy atom. The number of likely N-dealkylation sites (tertiary alicyclic amines) is 1. The number of hydrogen-bond donors (Lipinski definition) is 1. The van der Waals surface area contributed by atoms with Gasteiger partial charge >= 0.3 is 6.18 Å². The number of halogens is 4. The summed E-state index contributed by atoms with van der Waals surface area (Å²) in [6, 6.07) is 3.49. The monoisotopic (exact) mass is 476 g/mol. The first-order valence-electron chi connectivity index (χ1n) is 10.6. The van der Waals surface area contributed by atoms with E-state index in [0.29, 0.717) is 25.6 Å². The third-order valence-electron chi connectivity index (χ3n) is 5.49. The molecule has 1 aromatic heterocycles. The van der Waals surface area contributed by atoms with Crippen LogP contribution in [0.1, 0.15) is 48.3 Å². The molecule has 1 saturated heterocycles. The van der Waals surface area contributed by atoms with Gasteiger partial charge in [0.05, 0.1) is 23.5 Å². The molecule has 1 aliphatic heterocycles. The standard InChI is InChI=1S/C23H24F4N6O/c1-4-10-29-21(28-3)20-15(7-5-8-16(20)24)22(34)33-11-6-9-17(14(33)2)32-19-13-30-18(12-31-19)23(25,26)27/h4-5,7-8,10,12-14,17H,3,6,9,11H2,1-2H3,(H,31,32)/b10-4-,29-21?/t14-,17+/m0/s1. The van der Waals surface area contributed by atoms with Gasteiger partial charge in [-0.2, -0.15) is 13.2 Å². The summed E-state index contributed by atoms with van der Waals surface area (Å²) in [5.74, 6) is -0.911. The maximum Gasteiger partial charge on any atom is 0.434 e. The highest BCUT2D eigenvalue weighted by Crippen LogP contribution is 2.28. The van der Waals surface area contributed by atoms with Gasteiger partial charge < -0.3 is 10.2 Å². The molecule has 7 nitrogen and oxygen atoms in total. The predicted octanol–water partition coefficient (Wildman–Crippen LogP) is 4.72. The molecule has 0 aliphatic carbocycles. The van der Waals surface area contributed by atoms with E-state index >= 15 is 0 Å². The molecular weight excluding hydrogens is 452 g/mol. The summed E-state index contributed by atoms with van der Waals surface area (Å²) in [7, 11) is 0. The number of amides is 1. The second kappa shape index (κ2) is 10.5. The van der Waals surface area contributed by atoms with Crippen LogP contribution in [-0.4, -0.2) is 52.0 Å². The first-order valence-corrected chi connectivity index (χ1v) is 10.6. The smallest absolute Gasteiger partial charge is 0.364 e. The number of anilines is 1. The Bertz CT molecular complexity index is 1100. The maximum absolute atomic E-state index is 14.7. The largest absolute Gasteiger partial charge is 0.434 e. The Kier molecular flexibility index (Phi) is 7.75. The number of aromatic nitrogens is 2. The number of allylic oxidation sites excluding steroid dienone is 1. The summed E-state index contributed by atoms with van der Waals surface area (Å²) >= 11 is 0. The second-order valence-corrected chi connectivity index (χ2v) is 7.67. The molecule has 0 bridgehead atoms. The van der Waals surface area contributed by atoms with E-state index in [9.17, 15) is 22.4 Å². The first-order chi connectivity index (χ1) is 16.2. The number of alkyl halides is 3. The number of nitrogens with one attached hydrogen (secondary N) is 1. The lowest BCUT2D eigenvalue weighted by atomic mass is 9.95. The Balaban J connectivity index is 1.85. The van der Waals surface area contributed by atoms with Gasteiger partial charge in [-0.3, -0.25) is 4.79 Å². The number of hydrogen-bond acceptors (Lipinski definition) is 5. The van der Waals surface area contributed by atoms with Crippen LogP contribution in [0.2, 0.25) is 0 Å². The fourth-order valence-electron chi connectivity index (χ4n) is 3.78. The van der Waals surface area contributed by atoms with Crippen LogP contribution in [0, 0.1) is 5.82 Å². The molecule has 0 radical (unpaired) electrons. The average molecular weight is 476 g/mol. The maximum atomic E-state index is 14.7.